The standard InChI is InChI=1S/C13H15N7S/c1-8-17-19-13(21-8)9-3-2-4-20(7-9)11-6-14-10-5-15-18-12(10)16-11/h5-6,9H,2-4,7H2,1H3,(H,15,16,18). The zero-order valence-corrected chi connectivity index (χ0v) is 12.5. The van der Waals surface area contributed by atoms with Crippen molar-refractivity contribution in [2.24, 2.45) is 0 Å². The Morgan fingerprint density at radius 3 is 3.14 bits per heavy atom. The number of aryl methyl sites for hydroxylation is 1. The minimum atomic E-state index is 0.434. The van der Waals surface area contributed by atoms with E-state index in [0.717, 1.165) is 52.9 Å². The first-order valence-corrected chi connectivity index (χ1v) is 7.82. The number of rotatable bonds is 2. The van der Waals surface area contributed by atoms with Gasteiger partial charge in [-0.1, -0.05) is 0 Å². The van der Waals surface area contributed by atoms with Gasteiger partial charge in [-0.3, -0.25) is 5.10 Å². The van der Waals surface area contributed by atoms with Crippen LogP contribution in [0.15, 0.2) is 12.4 Å². The largest absolute Gasteiger partial charge is 0.355 e. The van der Waals surface area contributed by atoms with Crippen LogP contribution in [0.25, 0.3) is 11.2 Å². The minimum absolute atomic E-state index is 0.434. The molecule has 0 amide bonds. The van der Waals surface area contributed by atoms with Crippen LogP contribution in [-0.4, -0.2) is 43.5 Å². The van der Waals surface area contributed by atoms with E-state index in [9.17, 15) is 0 Å². The van der Waals surface area contributed by atoms with E-state index in [1.165, 1.54) is 0 Å². The fourth-order valence-corrected chi connectivity index (χ4v) is 3.56. The highest BCUT2D eigenvalue weighted by molar-refractivity contribution is 7.11. The first kappa shape index (κ1) is 12.6. The van der Waals surface area contributed by atoms with Crippen molar-refractivity contribution in [2.45, 2.75) is 25.7 Å². The van der Waals surface area contributed by atoms with E-state index in [4.69, 9.17) is 0 Å². The molecular formula is C13H15N7S. The number of piperidine rings is 1. The van der Waals surface area contributed by atoms with Crippen molar-refractivity contribution < 1.29 is 0 Å². The maximum Gasteiger partial charge on any atom is 0.176 e. The number of anilines is 1. The molecule has 0 aromatic carbocycles. The SMILES string of the molecule is Cc1nnc(C2CCCN(c3cnc4cn[nH]c4n3)C2)s1. The molecule has 21 heavy (non-hydrogen) atoms. The van der Waals surface area contributed by atoms with Gasteiger partial charge < -0.3 is 4.90 Å². The number of aromatic amines is 1. The molecule has 1 atom stereocenters. The lowest BCUT2D eigenvalue weighted by atomic mass is 9.99. The van der Waals surface area contributed by atoms with E-state index in [1.807, 2.05) is 13.1 Å². The van der Waals surface area contributed by atoms with Crippen LogP contribution < -0.4 is 4.90 Å². The third-order valence-electron chi connectivity index (χ3n) is 3.78. The second-order valence-electron chi connectivity index (χ2n) is 5.28. The first-order valence-electron chi connectivity index (χ1n) is 7.00. The van der Waals surface area contributed by atoms with Gasteiger partial charge in [0.1, 0.15) is 21.3 Å². The van der Waals surface area contributed by atoms with Gasteiger partial charge in [0, 0.05) is 19.0 Å². The molecule has 1 fully saturated rings. The van der Waals surface area contributed by atoms with Crippen molar-refractivity contribution in [2.75, 3.05) is 18.0 Å². The van der Waals surface area contributed by atoms with Crippen molar-refractivity contribution in [3.63, 3.8) is 0 Å². The summed E-state index contributed by atoms with van der Waals surface area (Å²) in [6.45, 7) is 3.92. The molecule has 4 heterocycles. The molecule has 0 aliphatic carbocycles. The Kier molecular flexibility index (Phi) is 3.03. The van der Waals surface area contributed by atoms with Gasteiger partial charge in [0.05, 0.1) is 12.4 Å². The Morgan fingerprint density at radius 2 is 2.29 bits per heavy atom. The molecule has 1 aliphatic heterocycles. The predicted octanol–water partition coefficient (Wildman–Crippen LogP) is 1.90. The maximum absolute atomic E-state index is 4.60. The van der Waals surface area contributed by atoms with Crippen LogP contribution in [0.2, 0.25) is 0 Å². The zero-order valence-electron chi connectivity index (χ0n) is 11.7. The molecule has 0 spiro atoms. The molecule has 0 radical (unpaired) electrons. The van der Waals surface area contributed by atoms with Crippen molar-refractivity contribution in [3.8, 4) is 0 Å². The Hall–Kier alpha value is -2.09. The van der Waals surface area contributed by atoms with Gasteiger partial charge in [0.2, 0.25) is 0 Å². The number of fused-ring (bicyclic) bond motifs is 1. The highest BCUT2D eigenvalue weighted by Crippen LogP contribution is 2.30. The first-order chi connectivity index (χ1) is 10.3. The van der Waals surface area contributed by atoms with Crippen LogP contribution in [0.1, 0.15) is 28.8 Å². The molecule has 7 nitrogen and oxygen atoms in total. The quantitative estimate of drug-likeness (QED) is 0.778. The smallest absolute Gasteiger partial charge is 0.176 e. The fraction of sp³-hybridized carbons (Fsp3) is 0.462. The third-order valence-corrected chi connectivity index (χ3v) is 4.78. The summed E-state index contributed by atoms with van der Waals surface area (Å²) in [6.07, 6.45) is 5.80. The summed E-state index contributed by atoms with van der Waals surface area (Å²) in [7, 11) is 0. The second kappa shape index (κ2) is 5.03. The topological polar surface area (TPSA) is 83.5 Å². The van der Waals surface area contributed by atoms with Gasteiger partial charge in [-0.15, -0.1) is 21.5 Å². The van der Waals surface area contributed by atoms with Gasteiger partial charge in [-0.2, -0.15) is 5.10 Å². The predicted molar refractivity (Wildman–Crippen MR) is 80.5 cm³/mol. The van der Waals surface area contributed by atoms with E-state index < -0.39 is 0 Å². The molecule has 0 saturated carbocycles. The van der Waals surface area contributed by atoms with Crippen LogP contribution in [0.4, 0.5) is 5.82 Å². The number of aromatic nitrogens is 6. The van der Waals surface area contributed by atoms with Gasteiger partial charge in [0.25, 0.3) is 0 Å². The number of H-pyrrole nitrogens is 1. The van der Waals surface area contributed by atoms with E-state index >= 15 is 0 Å². The zero-order chi connectivity index (χ0) is 14.2. The van der Waals surface area contributed by atoms with Gasteiger partial charge in [-0.25, -0.2) is 9.97 Å². The summed E-state index contributed by atoms with van der Waals surface area (Å²) >= 11 is 1.69. The molecule has 3 aromatic heterocycles. The monoisotopic (exact) mass is 301 g/mol. The molecule has 8 heteroatoms. The van der Waals surface area contributed by atoms with Crippen molar-refractivity contribution in [3.05, 3.63) is 22.4 Å². The van der Waals surface area contributed by atoms with Gasteiger partial charge >= 0.3 is 0 Å². The van der Waals surface area contributed by atoms with Crippen LogP contribution in [0.5, 0.6) is 0 Å². The molecule has 3 aromatic rings. The number of nitrogens with one attached hydrogen (secondary N) is 1. The molecule has 0 bridgehead atoms. The maximum atomic E-state index is 4.60. The molecule has 1 saturated heterocycles. The van der Waals surface area contributed by atoms with Crippen LogP contribution in [0.3, 0.4) is 0 Å². The molecule has 1 aliphatic rings. The summed E-state index contributed by atoms with van der Waals surface area (Å²) < 4.78 is 0. The van der Waals surface area contributed by atoms with Crippen molar-refractivity contribution in [1.82, 2.24) is 30.4 Å². The Bertz CT molecular complexity index is 765. The van der Waals surface area contributed by atoms with E-state index in [-0.39, 0.29) is 0 Å². The summed E-state index contributed by atoms with van der Waals surface area (Å²) in [5.74, 6) is 1.34. The Balaban J connectivity index is 1.59. The lowest BCUT2D eigenvalue weighted by Gasteiger charge is -2.32. The summed E-state index contributed by atoms with van der Waals surface area (Å²) in [6, 6.07) is 0. The molecule has 1 unspecified atom stereocenters. The number of nitrogens with zero attached hydrogens (tertiary/aromatic N) is 6. The summed E-state index contributed by atoms with van der Waals surface area (Å²) in [4.78, 5) is 11.3. The van der Waals surface area contributed by atoms with Gasteiger partial charge in [-0.05, 0) is 19.8 Å². The number of hydrogen-bond acceptors (Lipinski definition) is 7. The molecule has 4 rings (SSSR count). The lowest BCUT2D eigenvalue weighted by molar-refractivity contribution is 0.503. The Morgan fingerprint density at radius 1 is 1.33 bits per heavy atom. The van der Waals surface area contributed by atoms with Crippen LogP contribution in [0, 0.1) is 6.92 Å². The minimum Gasteiger partial charge on any atom is -0.355 e. The van der Waals surface area contributed by atoms with Crippen molar-refractivity contribution in [1.29, 1.82) is 0 Å². The highest BCUT2D eigenvalue weighted by atomic mass is 32.1. The molecule has 1 N–H and O–H groups in total. The van der Waals surface area contributed by atoms with Crippen LogP contribution >= 0.6 is 11.3 Å². The lowest BCUT2D eigenvalue weighted by Crippen LogP contribution is -2.35. The average Bonchev–Trinajstić information content (AvgIpc) is 3.15. The summed E-state index contributed by atoms with van der Waals surface area (Å²) in [5.41, 5.74) is 1.54. The van der Waals surface area contributed by atoms with Crippen molar-refractivity contribution >= 4 is 28.3 Å². The van der Waals surface area contributed by atoms with Crippen LogP contribution in [-0.2, 0) is 0 Å². The van der Waals surface area contributed by atoms with E-state index in [1.54, 1.807) is 17.5 Å². The third kappa shape index (κ3) is 2.35. The normalized spacial score (nSPS) is 19.3. The Labute approximate surface area is 125 Å². The average molecular weight is 301 g/mol. The summed E-state index contributed by atoms with van der Waals surface area (Å²) in [5, 5.41) is 17.4. The van der Waals surface area contributed by atoms with E-state index in [2.05, 4.69) is 35.3 Å². The van der Waals surface area contributed by atoms with E-state index in [0.29, 0.717) is 5.92 Å². The van der Waals surface area contributed by atoms with Gasteiger partial charge in [0.15, 0.2) is 5.65 Å². The molecule has 108 valence electrons. The second-order valence-corrected chi connectivity index (χ2v) is 6.49. The highest BCUT2D eigenvalue weighted by Gasteiger charge is 2.25. The molecular weight excluding hydrogens is 286 g/mol. The fourth-order valence-electron chi connectivity index (χ4n) is 2.74. The number of hydrogen-bond donors (Lipinski definition) is 1.